The van der Waals surface area contributed by atoms with Gasteiger partial charge in [0.05, 0.1) is 5.92 Å². The summed E-state index contributed by atoms with van der Waals surface area (Å²) in [4.78, 5) is 27.9. The van der Waals surface area contributed by atoms with Gasteiger partial charge in [0.2, 0.25) is 0 Å². The van der Waals surface area contributed by atoms with Crippen molar-refractivity contribution < 1.29 is 18.5 Å². The molecule has 2 N–H and O–H groups in total. The predicted molar refractivity (Wildman–Crippen MR) is 100 cm³/mol. The molecule has 0 radical (unpaired) electrons. The molecule has 140 valence electrons. The van der Waals surface area contributed by atoms with E-state index < -0.39 is 33.4 Å². The predicted octanol–water partition coefficient (Wildman–Crippen LogP) is 3.64. The number of amides is 2. The highest BCUT2D eigenvalue weighted by molar-refractivity contribution is 7.93. The van der Waals surface area contributed by atoms with Crippen LogP contribution in [-0.4, -0.2) is 28.0 Å². The highest BCUT2D eigenvalue weighted by Crippen LogP contribution is 2.20. The average molecular weight is 388 g/mol. The Labute approximate surface area is 153 Å². The van der Waals surface area contributed by atoms with E-state index in [0.29, 0.717) is 10.6 Å². The molecule has 7 nitrogen and oxygen atoms in total. The Morgan fingerprint density at radius 2 is 2.08 bits per heavy atom. The number of nitrogens with zero attached hydrogens (tertiary/aromatic N) is 2. The van der Waals surface area contributed by atoms with Crippen LogP contribution in [0.5, 0.6) is 0 Å². The monoisotopic (exact) mass is 387 g/mol. The highest BCUT2D eigenvalue weighted by atomic mass is 32.2. The van der Waals surface area contributed by atoms with Gasteiger partial charge in [-0.15, -0.1) is 15.7 Å². The largest absolute Gasteiger partial charge is 0.442 e. The fourth-order valence-electron chi connectivity index (χ4n) is 1.81. The number of hydrogen-bond acceptors (Lipinski definition) is 5. The highest BCUT2D eigenvalue weighted by Gasteiger charge is 2.25. The lowest BCUT2D eigenvalue weighted by molar-refractivity contribution is -0.120. The van der Waals surface area contributed by atoms with Crippen LogP contribution in [0, 0.1) is 11.8 Å². The van der Waals surface area contributed by atoms with Crippen LogP contribution in [-0.2, 0) is 19.4 Å². The molecule has 2 amide bonds. The molecule has 25 heavy (non-hydrogen) atoms. The van der Waals surface area contributed by atoms with E-state index in [1.54, 1.807) is 38.3 Å². The lowest BCUT2D eigenvalue weighted by Gasteiger charge is -2.18. The lowest BCUT2D eigenvalue weighted by atomic mass is 9.92. The van der Waals surface area contributed by atoms with Gasteiger partial charge in [-0.2, -0.15) is 4.99 Å². The molecule has 0 aromatic carbocycles. The summed E-state index contributed by atoms with van der Waals surface area (Å²) in [7, 11) is -3.30. The van der Waals surface area contributed by atoms with Crippen LogP contribution in [0.4, 0.5) is 4.79 Å². The maximum absolute atomic E-state index is 12.5. The van der Waals surface area contributed by atoms with Gasteiger partial charge in [-0.3, -0.25) is 4.79 Å². The third-order valence-corrected chi connectivity index (χ3v) is 6.12. The molecule has 0 saturated heterocycles. The summed E-state index contributed by atoms with van der Waals surface area (Å²) in [6.45, 7) is 8.88. The number of aliphatic imine (C=N–C) groups is 1. The summed E-state index contributed by atoms with van der Waals surface area (Å²) in [6.07, 6.45) is 1.06. The Hall–Kier alpha value is -1.58. The van der Waals surface area contributed by atoms with Gasteiger partial charge in [-0.1, -0.05) is 26.3 Å². The SMILES string of the molecule is CC[C@H](C)C(C=NC(=O)OC(C)(C)C)C(=O)N=S(N)(=O)c1cccs1. The van der Waals surface area contributed by atoms with Crippen LogP contribution in [0.1, 0.15) is 41.0 Å². The van der Waals surface area contributed by atoms with Crippen LogP contribution in [0.3, 0.4) is 0 Å². The van der Waals surface area contributed by atoms with E-state index in [0.717, 1.165) is 0 Å². The third kappa shape index (κ3) is 7.05. The van der Waals surface area contributed by atoms with Gasteiger partial charge in [0.1, 0.15) is 9.81 Å². The van der Waals surface area contributed by atoms with Crippen molar-refractivity contribution in [2.75, 3.05) is 0 Å². The molecule has 0 saturated carbocycles. The summed E-state index contributed by atoms with van der Waals surface area (Å²) < 4.78 is 21.6. The molecule has 0 fully saturated rings. The molecule has 0 bridgehead atoms. The molecule has 1 aromatic heterocycles. The van der Waals surface area contributed by atoms with Crippen LogP contribution < -0.4 is 5.14 Å². The van der Waals surface area contributed by atoms with Crippen molar-refractivity contribution in [3.05, 3.63) is 17.5 Å². The van der Waals surface area contributed by atoms with E-state index in [1.807, 2.05) is 13.8 Å². The first-order chi connectivity index (χ1) is 11.5. The van der Waals surface area contributed by atoms with Crippen molar-refractivity contribution >= 4 is 39.5 Å². The Bertz CT molecular complexity index is 742. The van der Waals surface area contributed by atoms with E-state index in [4.69, 9.17) is 9.88 Å². The second-order valence-electron chi connectivity index (χ2n) is 6.60. The lowest BCUT2D eigenvalue weighted by Crippen LogP contribution is -2.26. The van der Waals surface area contributed by atoms with Gasteiger partial charge in [-0.25, -0.2) is 14.1 Å². The number of thiophene rings is 1. The minimum atomic E-state index is -3.30. The zero-order chi connectivity index (χ0) is 19.3. The molecule has 0 aliphatic carbocycles. The number of carbonyl (C=O) groups is 2. The molecule has 0 aliphatic rings. The van der Waals surface area contributed by atoms with Crippen molar-refractivity contribution in [2.24, 2.45) is 26.3 Å². The first kappa shape index (κ1) is 21.5. The Balaban J connectivity index is 3.05. The number of rotatable bonds is 5. The van der Waals surface area contributed by atoms with Crippen LogP contribution >= 0.6 is 11.3 Å². The quantitative estimate of drug-likeness (QED) is 0.777. The number of carbonyl (C=O) groups excluding carboxylic acids is 2. The van der Waals surface area contributed by atoms with Gasteiger partial charge in [-0.05, 0) is 38.1 Å². The summed E-state index contributed by atoms with van der Waals surface area (Å²) in [5.41, 5.74) is -0.681. The normalized spacial score (nSPS) is 16.9. The minimum Gasteiger partial charge on any atom is -0.442 e. The van der Waals surface area contributed by atoms with Gasteiger partial charge in [0, 0.05) is 6.21 Å². The maximum Gasteiger partial charge on any atom is 0.433 e. The summed E-state index contributed by atoms with van der Waals surface area (Å²) in [5.74, 6) is -1.62. The zero-order valence-electron chi connectivity index (χ0n) is 15.1. The first-order valence-electron chi connectivity index (χ1n) is 7.85. The molecule has 0 aliphatic heterocycles. The smallest absolute Gasteiger partial charge is 0.433 e. The van der Waals surface area contributed by atoms with E-state index >= 15 is 0 Å². The van der Waals surface area contributed by atoms with Crippen molar-refractivity contribution in [3.8, 4) is 0 Å². The van der Waals surface area contributed by atoms with Crippen LogP contribution in [0.25, 0.3) is 0 Å². The van der Waals surface area contributed by atoms with E-state index in [9.17, 15) is 13.8 Å². The van der Waals surface area contributed by atoms with E-state index in [2.05, 4.69) is 9.36 Å². The third-order valence-electron chi connectivity index (χ3n) is 3.29. The van der Waals surface area contributed by atoms with Crippen molar-refractivity contribution in [3.63, 3.8) is 0 Å². The Morgan fingerprint density at radius 3 is 2.56 bits per heavy atom. The molecule has 2 unspecified atom stereocenters. The number of ether oxygens (including phenoxy) is 1. The van der Waals surface area contributed by atoms with Crippen molar-refractivity contribution in [1.29, 1.82) is 0 Å². The number of nitrogens with two attached hydrogens (primary N) is 1. The molecular formula is C16H25N3O4S2. The summed E-state index contributed by atoms with van der Waals surface area (Å²) in [5, 5.41) is 7.42. The topological polar surface area (TPSA) is 111 Å². The number of hydrogen-bond donors (Lipinski definition) is 1. The zero-order valence-corrected chi connectivity index (χ0v) is 16.7. The Kier molecular flexibility index (Phi) is 7.45. The van der Waals surface area contributed by atoms with E-state index in [1.165, 1.54) is 17.6 Å². The second-order valence-corrected chi connectivity index (χ2v) is 9.57. The molecule has 9 heteroatoms. The molecule has 1 heterocycles. The standard InChI is InChI=1S/C16H25N3O4S2/c1-6-11(2)12(10-18-15(21)23-16(3,4)5)14(20)19-25(17,22)13-8-7-9-24-13/h7-12H,6H2,1-5H3,(H2,17,19,20,22)/t11-,12?,25?/m0/s1. The molecule has 1 aromatic rings. The minimum absolute atomic E-state index is 0.152. The average Bonchev–Trinajstić information content (AvgIpc) is 2.99. The first-order valence-corrected chi connectivity index (χ1v) is 10.3. The molecule has 1 rings (SSSR count). The Morgan fingerprint density at radius 1 is 1.44 bits per heavy atom. The van der Waals surface area contributed by atoms with Crippen molar-refractivity contribution in [1.82, 2.24) is 0 Å². The van der Waals surface area contributed by atoms with Gasteiger partial charge in [0.15, 0.2) is 9.92 Å². The van der Waals surface area contributed by atoms with Crippen LogP contribution in [0.15, 0.2) is 31.1 Å². The fourth-order valence-corrected chi connectivity index (χ4v) is 3.84. The van der Waals surface area contributed by atoms with Crippen molar-refractivity contribution in [2.45, 2.75) is 50.8 Å². The van der Waals surface area contributed by atoms with Gasteiger partial charge >= 0.3 is 6.09 Å². The molecule has 0 spiro atoms. The maximum atomic E-state index is 12.5. The summed E-state index contributed by atoms with van der Waals surface area (Å²) >= 11 is 1.17. The van der Waals surface area contributed by atoms with E-state index in [-0.39, 0.29) is 5.92 Å². The fraction of sp³-hybridized carbons (Fsp3) is 0.562. The van der Waals surface area contributed by atoms with Gasteiger partial charge in [0.25, 0.3) is 5.91 Å². The summed E-state index contributed by atoms with van der Waals surface area (Å²) in [6, 6.07) is 3.25. The van der Waals surface area contributed by atoms with Crippen LogP contribution in [0.2, 0.25) is 0 Å². The molecular weight excluding hydrogens is 362 g/mol. The molecule has 3 atom stereocenters. The second kappa shape index (κ2) is 8.68. The van der Waals surface area contributed by atoms with Gasteiger partial charge < -0.3 is 4.74 Å².